The van der Waals surface area contributed by atoms with E-state index in [1.165, 1.54) is 0 Å². The second-order valence-electron chi connectivity index (χ2n) is 0.665. The van der Waals surface area contributed by atoms with Gasteiger partial charge in [-0.1, -0.05) is 0 Å². The predicted molar refractivity (Wildman–Crippen MR) is 13.7 cm³/mol. The molecule has 0 aliphatic heterocycles. The van der Waals surface area contributed by atoms with E-state index in [0.29, 0.717) is 0 Å². The van der Waals surface area contributed by atoms with Gasteiger partial charge in [-0.25, -0.2) is 0 Å². The van der Waals surface area contributed by atoms with Crippen LogP contribution in [-0.2, 0) is 29.8 Å². The van der Waals surface area contributed by atoms with Crippen molar-refractivity contribution in [3.8, 4) is 0 Å². The average molecular weight is 145 g/mol. The molecule has 0 radical (unpaired) electrons. The van der Waals surface area contributed by atoms with E-state index in [2.05, 4.69) is 20.2 Å². The van der Waals surface area contributed by atoms with Crippen LogP contribution in [0.5, 0.6) is 0 Å². The summed E-state index contributed by atoms with van der Waals surface area (Å²) in [5.74, 6) is -2.98. The summed E-state index contributed by atoms with van der Waals surface area (Å²) in [4.78, 5) is 19.0. The summed E-state index contributed by atoms with van der Waals surface area (Å²) in [7, 11) is 0. The molecule has 41 valence electrons. The van der Waals surface area contributed by atoms with Crippen molar-refractivity contribution in [2.75, 3.05) is 0 Å². The minimum absolute atomic E-state index is 1.35. The van der Waals surface area contributed by atoms with E-state index < -0.39 is 11.9 Å². The van der Waals surface area contributed by atoms with Gasteiger partial charge in [0.05, 0.1) is 0 Å². The van der Waals surface area contributed by atoms with Crippen LogP contribution in [0.1, 0.15) is 0 Å². The molecular formula is C2HFeO4. The molecule has 0 fully saturated rings. The van der Waals surface area contributed by atoms with Crippen molar-refractivity contribution in [1.82, 2.24) is 0 Å². The number of rotatable bonds is 0. The van der Waals surface area contributed by atoms with Crippen molar-refractivity contribution in [2.24, 2.45) is 0 Å². The van der Waals surface area contributed by atoms with Gasteiger partial charge < -0.3 is 0 Å². The van der Waals surface area contributed by atoms with Crippen LogP contribution in [0.25, 0.3) is 0 Å². The van der Waals surface area contributed by atoms with Gasteiger partial charge in [-0.2, -0.15) is 0 Å². The maximum atomic E-state index is 9.63. The van der Waals surface area contributed by atoms with Gasteiger partial charge in [0.2, 0.25) is 0 Å². The molecule has 4 nitrogen and oxygen atoms in total. The Morgan fingerprint density at radius 3 is 2.00 bits per heavy atom. The SMILES string of the molecule is O=C(O)C(=O)[O][Fe]. The topological polar surface area (TPSA) is 63.6 Å². The van der Waals surface area contributed by atoms with E-state index >= 15 is 0 Å². The fraction of sp³-hybridized carbons (Fsp3) is 0. The number of hydrogen-bond acceptors (Lipinski definition) is 3. The van der Waals surface area contributed by atoms with E-state index in [1.54, 1.807) is 0 Å². The zero-order valence-electron chi connectivity index (χ0n) is 3.03. The molecule has 0 aromatic carbocycles. The summed E-state index contributed by atoms with van der Waals surface area (Å²) < 4.78 is 3.52. The molecular weight excluding hydrogens is 144 g/mol. The molecule has 0 aliphatic carbocycles. The van der Waals surface area contributed by atoms with E-state index in [-0.39, 0.29) is 0 Å². The average Bonchev–Trinajstić information content (AvgIpc) is 1.65. The van der Waals surface area contributed by atoms with E-state index in [0.717, 1.165) is 0 Å². The molecule has 1 N–H and O–H groups in total. The zero-order chi connectivity index (χ0) is 5.86. The van der Waals surface area contributed by atoms with Crippen LogP contribution in [-0.4, -0.2) is 17.0 Å². The molecule has 5 heteroatoms. The molecule has 0 saturated heterocycles. The minimum atomic E-state index is -1.63. The number of carbonyl (C=O) groups is 2. The van der Waals surface area contributed by atoms with Crippen molar-refractivity contribution in [3.05, 3.63) is 0 Å². The Morgan fingerprint density at radius 1 is 1.57 bits per heavy atom. The Kier molecular flexibility index (Phi) is 2.40. The third-order valence-electron chi connectivity index (χ3n) is 0.240. The number of carboxylic acids is 1. The van der Waals surface area contributed by atoms with Gasteiger partial charge >= 0.3 is 46.8 Å². The molecule has 7 heavy (non-hydrogen) atoms. The standard InChI is InChI=1S/C2H2O4.Fe/c3-1(4)2(5)6;/h(H,3,4)(H,5,6);/q;+1/p-1. The Balaban J connectivity index is 3.58. The fourth-order valence-electron chi connectivity index (χ4n) is 0.0309. The monoisotopic (exact) mass is 145 g/mol. The van der Waals surface area contributed by atoms with E-state index in [4.69, 9.17) is 5.11 Å². The van der Waals surface area contributed by atoms with Gasteiger partial charge in [0.15, 0.2) is 0 Å². The Labute approximate surface area is 47.6 Å². The first kappa shape index (κ1) is 6.46. The molecule has 0 aliphatic rings. The van der Waals surface area contributed by atoms with Gasteiger partial charge in [0.1, 0.15) is 0 Å². The summed E-state index contributed by atoms with van der Waals surface area (Å²) in [5, 5.41) is 7.67. The number of hydrogen-bond donors (Lipinski definition) is 1. The molecule has 0 bridgehead atoms. The van der Waals surface area contributed by atoms with E-state index in [9.17, 15) is 9.59 Å². The van der Waals surface area contributed by atoms with Gasteiger partial charge in [0.25, 0.3) is 0 Å². The van der Waals surface area contributed by atoms with Crippen LogP contribution in [0.4, 0.5) is 0 Å². The van der Waals surface area contributed by atoms with Gasteiger partial charge in [-0.05, 0) is 0 Å². The van der Waals surface area contributed by atoms with Crippen molar-refractivity contribution in [1.29, 1.82) is 0 Å². The fourth-order valence-corrected chi connectivity index (χ4v) is 0.127. The Bertz CT molecular complexity index is 97.9. The molecule has 0 atom stereocenters. The number of aliphatic carboxylic acids is 1. The summed E-state index contributed by atoms with van der Waals surface area (Å²) >= 11 is 2.58. The van der Waals surface area contributed by atoms with Crippen LogP contribution >= 0.6 is 0 Å². The Hall–Kier alpha value is -0.541. The summed E-state index contributed by atoms with van der Waals surface area (Å²) in [6.07, 6.45) is 0. The summed E-state index contributed by atoms with van der Waals surface area (Å²) in [5.41, 5.74) is 0. The second kappa shape index (κ2) is 2.60. The number of carboxylic acid groups (broad SMARTS) is 1. The van der Waals surface area contributed by atoms with Crippen molar-refractivity contribution < 1.29 is 34.9 Å². The normalized spacial score (nSPS) is 7.57. The number of carbonyl (C=O) groups excluding carboxylic acids is 1. The Morgan fingerprint density at radius 2 is 2.00 bits per heavy atom. The van der Waals surface area contributed by atoms with Crippen LogP contribution in [0.15, 0.2) is 0 Å². The van der Waals surface area contributed by atoms with Crippen LogP contribution in [0.3, 0.4) is 0 Å². The first-order valence-corrected chi connectivity index (χ1v) is 1.68. The van der Waals surface area contributed by atoms with Crippen molar-refractivity contribution >= 4 is 11.9 Å². The third kappa shape index (κ3) is 2.19. The first-order chi connectivity index (χ1) is 3.18. The summed E-state index contributed by atoms with van der Waals surface area (Å²) in [6, 6.07) is 0. The van der Waals surface area contributed by atoms with Gasteiger partial charge in [-0.15, -0.1) is 0 Å². The molecule has 0 saturated carbocycles. The molecule has 0 aromatic heterocycles. The van der Waals surface area contributed by atoms with Crippen molar-refractivity contribution in [2.45, 2.75) is 0 Å². The van der Waals surface area contributed by atoms with Crippen LogP contribution in [0.2, 0.25) is 0 Å². The van der Waals surface area contributed by atoms with Gasteiger partial charge in [-0.3, -0.25) is 0 Å². The van der Waals surface area contributed by atoms with Crippen LogP contribution in [0, 0.1) is 0 Å². The quantitative estimate of drug-likeness (QED) is 0.353. The first-order valence-electron chi connectivity index (χ1n) is 1.23. The molecule has 0 rings (SSSR count). The zero-order valence-corrected chi connectivity index (χ0v) is 4.13. The van der Waals surface area contributed by atoms with Gasteiger partial charge in [0, 0.05) is 0 Å². The second-order valence-corrected chi connectivity index (χ2v) is 0.890. The molecule has 0 heterocycles. The van der Waals surface area contributed by atoms with E-state index in [1.807, 2.05) is 0 Å². The molecule has 0 amide bonds. The molecule has 0 spiro atoms. The maximum absolute atomic E-state index is 9.63. The third-order valence-corrected chi connectivity index (χ3v) is 0.445. The van der Waals surface area contributed by atoms with Crippen LogP contribution < -0.4 is 0 Å². The summed E-state index contributed by atoms with van der Waals surface area (Å²) in [6.45, 7) is 0. The molecule has 0 aromatic rings. The van der Waals surface area contributed by atoms with Crippen molar-refractivity contribution in [3.63, 3.8) is 0 Å². The predicted octanol–water partition coefficient (Wildman–Crippen LogP) is -0.924. The molecule has 0 unspecified atom stereocenters.